The van der Waals surface area contributed by atoms with Crippen LogP contribution in [0.1, 0.15) is 20.8 Å². The molecule has 0 saturated carbocycles. The van der Waals surface area contributed by atoms with E-state index in [-0.39, 0.29) is 5.91 Å². The minimum atomic E-state index is -0.108. The predicted molar refractivity (Wildman–Crippen MR) is 101 cm³/mol. The van der Waals surface area contributed by atoms with Gasteiger partial charge in [-0.3, -0.25) is 4.79 Å². The first-order chi connectivity index (χ1) is 12.1. The van der Waals surface area contributed by atoms with Crippen LogP contribution in [0.15, 0.2) is 58.3 Å². The van der Waals surface area contributed by atoms with Gasteiger partial charge in [0.2, 0.25) is 5.89 Å². The third-order valence-corrected chi connectivity index (χ3v) is 5.05. The quantitative estimate of drug-likeness (QED) is 0.537. The van der Waals surface area contributed by atoms with E-state index >= 15 is 0 Å². The van der Waals surface area contributed by atoms with Gasteiger partial charge in [-0.05, 0) is 54.6 Å². The Morgan fingerprint density at radius 2 is 1.92 bits per heavy atom. The van der Waals surface area contributed by atoms with Crippen molar-refractivity contribution in [1.29, 1.82) is 0 Å². The lowest BCUT2D eigenvalue weighted by Gasteiger charge is -2.10. The number of nitrogens with zero attached hydrogens (tertiary/aromatic N) is 1. The van der Waals surface area contributed by atoms with Crippen molar-refractivity contribution in [3.05, 3.63) is 69.9 Å². The Kier molecular flexibility index (Phi) is 3.86. The van der Waals surface area contributed by atoms with E-state index in [1.807, 2.05) is 67.8 Å². The molecule has 0 bridgehead atoms. The number of para-hydroxylation sites is 1. The van der Waals surface area contributed by atoms with Crippen LogP contribution in [0.4, 0.5) is 5.69 Å². The molecule has 25 heavy (non-hydrogen) atoms. The fraction of sp³-hybridized carbons (Fsp3) is 0.100. The minimum Gasteiger partial charge on any atom is -0.436 e. The molecule has 0 unspecified atom stereocenters. The second kappa shape index (κ2) is 6.18. The highest BCUT2D eigenvalue weighted by Crippen LogP contribution is 2.31. The molecule has 5 heteroatoms. The molecule has 1 N–H and O–H groups in total. The maximum Gasteiger partial charge on any atom is 0.265 e. The number of hydrogen-bond donors (Lipinski definition) is 1. The lowest BCUT2D eigenvalue weighted by Crippen LogP contribution is -2.11. The molecule has 0 aliphatic carbocycles. The maximum absolute atomic E-state index is 12.3. The normalized spacial score (nSPS) is 11.0. The molecule has 0 saturated heterocycles. The Hall–Kier alpha value is -2.92. The molecule has 4 rings (SSSR count). The molecule has 2 aromatic heterocycles. The number of fused-ring (bicyclic) bond motifs is 1. The van der Waals surface area contributed by atoms with Crippen molar-refractivity contribution in [2.75, 3.05) is 5.32 Å². The highest BCUT2D eigenvalue weighted by molar-refractivity contribution is 7.12. The van der Waals surface area contributed by atoms with Gasteiger partial charge in [0.05, 0.1) is 4.88 Å². The predicted octanol–water partition coefficient (Wildman–Crippen LogP) is 5.43. The van der Waals surface area contributed by atoms with Crippen molar-refractivity contribution in [3.8, 4) is 11.5 Å². The summed E-state index contributed by atoms with van der Waals surface area (Å²) in [4.78, 5) is 17.6. The minimum absolute atomic E-state index is 0.108. The zero-order valence-corrected chi connectivity index (χ0v) is 14.7. The van der Waals surface area contributed by atoms with Crippen LogP contribution in [0.25, 0.3) is 22.6 Å². The van der Waals surface area contributed by atoms with Crippen LogP contribution in [-0.4, -0.2) is 10.9 Å². The molecular weight excluding hydrogens is 332 g/mol. The van der Waals surface area contributed by atoms with E-state index in [1.54, 1.807) is 0 Å². The van der Waals surface area contributed by atoms with Crippen molar-refractivity contribution in [2.24, 2.45) is 0 Å². The fourth-order valence-electron chi connectivity index (χ4n) is 2.80. The van der Waals surface area contributed by atoms with Crippen molar-refractivity contribution in [3.63, 3.8) is 0 Å². The second-order valence-corrected chi connectivity index (χ2v) is 6.80. The molecule has 0 aliphatic rings. The van der Waals surface area contributed by atoms with Crippen LogP contribution in [0, 0.1) is 13.8 Å². The molecule has 124 valence electrons. The number of aromatic nitrogens is 1. The Bertz CT molecular complexity index is 1060. The first-order valence-corrected chi connectivity index (χ1v) is 8.82. The molecule has 0 spiro atoms. The topological polar surface area (TPSA) is 55.1 Å². The molecule has 2 aromatic carbocycles. The van der Waals surface area contributed by atoms with E-state index in [9.17, 15) is 4.79 Å². The highest BCUT2D eigenvalue weighted by Gasteiger charge is 2.15. The third-order valence-electron chi connectivity index (χ3n) is 4.18. The number of nitrogens with one attached hydrogen (secondary N) is 1. The van der Waals surface area contributed by atoms with Crippen molar-refractivity contribution >= 4 is 34.0 Å². The number of oxazole rings is 1. The first kappa shape index (κ1) is 15.6. The molecule has 0 radical (unpaired) electrons. The van der Waals surface area contributed by atoms with Gasteiger partial charge < -0.3 is 9.73 Å². The molecule has 1 amide bonds. The lowest BCUT2D eigenvalue weighted by atomic mass is 10.1. The van der Waals surface area contributed by atoms with Crippen LogP contribution in [0.3, 0.4) is 0 Å². The smallest absolute Gasteiger partial charge is 0.265 e. The summed E-state index contributed by atoms with van der Waals surface area (Å²) in [5.74, 6) is 0.456. The summed E-state index contributed by atoms with van der Waals surface area (Å²) >= 11 is 1.42. The Morgan fingerprint density at radius 3 is 2.68 bits per heavy atom. The number of rotatable bonds is 3. The van der Waals surface area contributed by atoms with E-state index < -0.39 is 0 Å². The summed E-state index contributed by atoms with van der Waals surface area (Å²) in [7, 11) is 0. The molecular formula is C20H16N2O2S. The van der Waals surface area contributed by atoms with Crippen molar-refractivity contribution < 1.29 is 9.21 Å². The summed E-state index contributed by atoms with van der Waals surface area (Å²) in [5.41, 5.74) is 5.27. The number of amides is 1. The second-order valence-electron chi connectivity index (χ2n) is 5.85. The van der Waals surface area contributed by atoms with Gasteiger partial charge >= 0.3 is 0 Å². The first-order valence-electron chi connectivity index (χ1n) is 7.94. The highest BCUT2D eigenvalue weighted by atomic mass is 32.1. The maximum atomic E-state index is 12.3. The molecule has 4 aromatic rings. The number of hydrogen-bond acceptors (Lipinski definition) is 4. The van der Waals surface area contributed by atoms with Gasteiger partial charge in [-0.1, -0.05) is 24.3 Å². The van der Waals surface area contributed by atoms with E-state index in [0.29, 0.717) is 10.8 Å². The van der Waals surface area contributed by atoms with Gasteiger partial charge in [0.25, 0.3) is 5.91 Å². The van der Waals surface area contributed by atoms with Gasteiger partial charge in [-0.2, -0.15) is 0 Å². The van der Waals surface area contributed by atoms with Gasteiger partial charge in [-0.15, -0.1) is 11.3 Å². The Balaban J connectivity index is 1.73. The number of benzene rings is 2. The zero-order valence-electron chi connectivity index (χ0n) is 13.9. The number of aryl methyl sites for hydroxylation is 1. The Morgan fingerprint density at radius 1 is 1.08 bits per heavy atom. The number of anilines is 1. The van der Waals surface area contributed by atoms with Crippen LogP contribution < -0.4 is 5.32 Å². The molecule has 4 nitrogen and oxygen atoms in total. The van der Waals surface area contributed by atoms with Crippen LogP contribution >= 0.6 is 11.3 Å². The largest absolute Gasteiger partial charge is 0.436 e. The van der Waals surface area contributed by atoms with Crippen LogP contribution in [0.2, 0.25) is 0 Å². The molecule has 0 aliphatic heterocycles. The van der Waals surface area contributed by atoms with E-state index in [2.05, 4.69) is 10.3 Å². The van der Waals surface area contributed by atoms with E-state index in [1.165, 1.54) is 11.3 Å². The van der Waals surface area contributed by atoms with E-state index in [4.69, 9.17) is 4.42 Å². The summed E-state index contributed by atoms with van der Waals surface area (Å²) < 4.78 is 5.93. The van der Waals surface area contributed by atoms with Crippen LogP contribution in [-0.2, 0) is 0 Å². The van der Waals surface area contributed by atoms with Crippen molar-refractivity contribution in [2.45, 2.75) is 13.8 Å². The summed E-state index contributed by atoms with van der Waals surface area (Å²) in [5, 5.41) is 4.86. The van der Waals surface area contributed by atoms with Gasteiger partial charge in [0.1, 0.15) is 5.52 Å². The van der Waals surface area contributed by atoms with Crippen LogP contribution in [0.5, 0.6) is 0 Å². The standard InChI is InChI=1S/C20H16N2O2S/c1-12-6-3-9-16-18(12)22-20(24-16)14-7-4-8-15(13(14)2)21-19(23)17-10-5-11-25-17/h3-11H,1-2H3,(H,21,23). The lowest BCUT2D eigenvalue weighted by molar-refractivity contribution is 0.103. The van der Waals surface area contributed by atoms with Gasteiger partial charge in [0, 0.05) is 11.3 Å². The fourth-order valence-corrected chi connectivity index (χ4v) is 3.41. The van der Waals surface area contributed by atoms with Crippen molar-refractivity contribution in [1.82, 2.24) is 4.98 Å². The molecule has 0 fully saturated rings. The summed E-state index contributed by atoms with van der Waals surface area (Å²) in [6, 6.07) is 15.3. The summed E-state index contributed by atoms with van der Waals surface area (Å²) in [6.07, 6.45) is 0. The monoisotopic (exact) mass is 348 g/mol. The average molecular weight is 348 g/mol. The van der Waals surface area contributed by atoms with Gasteiger partial charge in [0.15, 0.2) is 5.58 Å². The zero-order chi connectivity index (χ0) is 17.4. The molecule has 2 heterocycles. The number of thiophene rings is 1. The number of carbonyl (C=O) groups is 1. The Labute approximate surface area is 149 Å². The SMILES string of the molecule is Cc1c(NC(=O)c2cccs2)cccc1-c1nc2c(C)cccc2o1. The van der Waals surface area contributed by atoms with Gasteiger partial charge in [-0.25, -0.2) is 4.98 Å². The average Bonchev–Trinajstić information content (AvgIpc) is 3.26. The number of carbonyl (C=O) groups excluding carboxylic acids is 1. The summed E-state index contributed by atoms with van der Waals surface area (Å²) in [6.45, 7) is 3.97. The van der Waals surface area contributed by atoms with E-state index in [0.717, 1.165) is 33.5 Å². The third kappa shape index (κ3) is 2.83. The molecule has 0 atom stereocenters.